The zero-order chi connectivity index (χ0) is 12.8. The Morgan fingerprint density at radius 3 is 2.59 bits per heavy atom. The minimum absolute atomic E-state index is 0.0384. The Hall–Kier alpha value is -1.95. The molecule has 1 aromatic carbocycles. The van der Waals surface area contributed by atoms with Crippen molar-refractivity contribution in [2.45, 2.75) is 6.92 Å². The van der Waals surface area contributed by atoms with E-state index in [1.165, 1.54) is 25.1 Å². The molecule has 5 nitrogen and oxygen atoms in total. The molecule has 1 rings (SSSR count). The average Bonchev–Trinajstić information content (AvgIpc) is 2.22. The fourth-order valence-corrected chi connectivity index (χ4v) is 1.26. The van der Waals surface area contributed by atoms with E-state index in [1.807, 2.05) is 0 Å². The normalized spacial score (nSPS) is 9.82. The third-order valence-corrected chi connectivity index (χ3v) is 1.90. The first kappa shape index (κ1) is 13.1. The van der Waals surface area contributed by atoms with E-state index < -0.39 is 5.82 Å². The van der Waals surface area contributed by atoms with Crippen molar-refractivity contribution < 1.29 is 14.0 Å². The van der Waals surface area contributed by atoms with Gasteiger partial charge in [-0.25, -0.2) is 4.39 Å². The third kappa shape index (κ3) is 4.20. The number of carbonyl (C=O) groups excluding carboxylic acids is 2. The molecular weight excluding hydrogens is 225 g/mol. The first-order chi connectivity index (χ1) is 8.02. The third-order valence-electron chi connectivity index (χ3n) is 1.90. The molecule has 0 unspecified atom stereocenters. The van der Waals surface area contributed by atoms with Gasteiger partial charge in [0, 0.05) is 12.6 Å². The minimum Gasteiger partial charge on any atom is -0.326 e. The van der Waals surface area contributed by atoms with Gasteiger partial charge < -0.3 is 16.0 Å². The fraction of sp³-hybridized carbons (Fsp3) is 0.273. The number of hydrogen-bond donors (Lipinski definition) is 3. The SMILES string of the molecule is CNCC(=O)Nc1cc(NC(C)=O)ccc1F. The predicted molar refractivity (Wildman–Crippen MR) is 63.3 cm³/mol. The highest BCUT2D eigenvalue weighted by atomic mass is 19.1. The van der Waals surface area contributed by atoms with Crippen molar-refractivity contribution in [1.29, 1.82) is 0 Å². The molecule has 1 aromatic rings. The van der Waals surface area contributed by atoms with Gasteiger partial charge in [0.15, 0.2) is 0 Å². The summed E-state index contributed by atoms with van der Waals surface area (Å²) in [5.74, 6) is -1.17. The summed E-state index contributed by atoms with van der Waals surface area (Å²) >= 11 is 0. The van der Waals surface area contributed by atoms with E-state index in [9.17, 15) is 14.0 Å². The Bertz CT molecular complexity index is 435. The molecule has 2 amide bonds. The highest BCUT2D eigenvalue weighted by molar-refractivity contribution is 5.94. The van der Waals surface area contributed by atoms with Crippen molar-refractivity contribution in [3.05, 3.63) is 24.0 Å². The summed E-state index contributed by atoms with van der Waals surface area (Å²) in [6, 6.07) is 3.97. The van der Waals surface area contributed by atoms with Gasteiger partial charge in [0.05, 0.1) is 12.2 Å². The van der Waals surface area contributed by atoms with E-state index in [4.69, 9.17) is 0 Å². The van der Waals surface area contributed by atoms with Gasteiger partial charge in [0.1, 0.15) is 5.82 Å². The summed E-state index contributed by atoms with van der Waals surface area (Å²) < 4.78 is 13.4. The van der Waals surface area contributed by atoms with Crippen LogP contribution in [0.5, 0.6) is 0 Å². The maximum absolute atomic E-state index is 13.4. The first-order valence-corrected chi connectivity index (χ1v) is 5.04. The molecule has 92 valence electrons. The summed E-state index contributed by atoms with van der Waals surface area (Å²) in [6.45, 7) is 1.44. The summed E-state index contributed by atoms with van der Waals surface area (Å²) in [7, 11) is 1.61. The number of benzene rings is 1. The molecule has 0 atom stereocenters. The van der Waals surface area contributed by atoms with Crippen molar-refractivity contribution >= 4 is 23.2 Å². The van der Waals surface area contributed by atoms with Gasteiger partial charge in [-0.1, -0.05) is 0 Å². The molecule has 0 radical (unpaired) electrons. The molecule has 0 bridgehead atoms. The van der Waals surface area contributed by atoms with Crippen LogP contribution < -0.4 is 16.0 Å². The number of rotatable bonds is 4. The predicted octanol–water partition coefficient (Wildman–Crippen LogP) is 0.942. The highest BCUT2D eigenvalue weighted by Crippen LogP contribution is 2.19. The molecule has 0 aliphatic carbocycles. The average molecular weight is 239 g/mol. The van der Waals surface area contributed by atoms with Gasteiger partial charge in [0.2, 0.25) is 11.8 Å². The van der Waals surface area contributed by atoms with E-state index in [1.54, 1.807) is 7.05 Å². The van der Waals surface area contributed by atoms with Crippen LogP contribution in [0.4, 0.5) is 15.8 Å². The second-order valence-electron chi connectivity index (χ2n) is 3.45. The molecule has 0 aliphatic heterocycles. The molecule has 0 aromatic heterocycles. The standard InChI is InChI=1S/C11H14FN3O2/c1-7(16)14-8-3-4-9(12)10(5-8)15-11(17)6-13-2/h3-5,13H,6H2,1-2H3,(H,14,16)(H,15,17). The van der Waals surface area contributed by atoms with Crippen molar-refractivity contribution in [1.82, 2.24) is 5.32 Å². The van der Waals surface area contributed by atoms with Gasteiger partial charge in [-0.05, 0) is 25.2 Å². The quantitative estimate of drug-likeness (QED) is 0.732. The molecule has 0 fully saturated rings. The van der Waals surface area contributed by atoms with Crippen molar-refractivity contribution in [2.75, 3.05) is 24.2 Å². The number of amides is 2. The van der Waals surface area contributed by atoms with E-state index >= 15 is 0 Å². The molecule has 6 heteroatoms. The van der Waals surface area contributed by atoms with Crippen LogP contribution in [0, 0.1) is 5.82 Å². The lowest BCUT2D eigenvalue weighted by Crippen LogP contribution is -2.25. The van der Waals surface area contributed by atoms with Crippen molar-refractivity contribution in [3.8, 4) is 0 Å². The topological polar surface area (TPSA) is 70.2 Å². The lowest BCUT2D eigenvalue weighted by Gasteiger charge is -2.08. The number of carbonyl (C=O) groups is 2. The Morgan fingerprint density at radius 1 is 1.29 bits per heavy atom. The second-order valence-corrected chi connectivity index (χ2v) is 3.45. The Labute approximate surface area is 98.4 Å². The van der Waals surface area contributed by atoms with E-state index in [0.29, 0.717) is 5.69 Å². The summed E-state index contributed by atoms with van der Waals surface area (Å²) in [5.41, 5.74) is 0.468. The van der Waals surface area contributed by atoms with Gasteiger partial charge in [0.25, 0.3) is 0 Å². The lowest BCUT2D eigenvalue weighted by atomic mass is 10.2. The van der Waals surface area contributed by atoms with Crippen LogP contribution in [0.2, 0.25) is 0 Å². The summed E-state index contributed by atoms with van der Waals surface area (Å²) in [5, 5.41) is 7.55. The zero-order valence-electron chi connectivity index (χ0n) is 9.63. The molecule has 3 N–H and O–H groups in total. The Kier molecular flexibility index (Phi) is 4.59. The van der Waals surface area contributed by atoms with Gasteiger partial charge in [-0.3, -0.25) is 9.59 Å². The van der Waals surface area contributed by atoms with Crippen LogP contribution in [0.3, 0.4) is 0 Å². The van der Waals surface area contributed by atoms with E-state index in [-0.39, 0.29) is 24.0 Å². The minimum atomic E-state index is -0.552. The van der Waals surface area contributed by atoms with Crippen LogP contribution in [0.25, 0.3) is 0 Å². The molecule has 0 heterocycles. The van der Waals surface area contributed by atoms with Gasteiger partial charge >= 0.3 is 0 Å². The number of likely N-dealkylation sites (N-methyl/N-ethyl adjacent to an activating group) is 1. The smallest absolute Gasteiger partial charge is 0.238 e. The number of nitrogens with one attached hydrogen (secondary N) is 3. The van der Waals surface area contributed by atoms with Crippen molar-refractivity contribution in [2.24, 2.45) is 0 Å². The van der Waals surface area contributed by atoms with Crippen LogP contribution >= 0.6 is 0 Å². The number of anilines is 2. The monoisotopic (exact) mass is 239 g/mol. The first-order valence-electron chi connectivity index (χ1n) is 5.04. The zero-order valence-corrected chi connectivity index (χ0v) is 9.63. The largest absolute Gasteiger partial charge is 0.326 e. The van der Waals surface area contributed by atoms with Crippen LogP contribution in [-0.4, -0.2) is 25.4 Å². The van der Waals surface area contributed by atoms with E-state index in [0.717, 1.165) is 0 Å². The maximum Gasteiger partial charge on any atom is 0.238 e. The van der Waals surface area contributed by atoms with Crippen LogP contribution in [-0.2, 0) is 9.59 Å². The molecule has 0 saturated heterocycles. The molecule has 0 spiro atoms. The fourth-order valence-electron chi connectivity index (χ4n) is 1.26. The second kappa shape index (κ2) is 5.95. The maximum atomic E-state index is 13.4. The number of hydrogen-bond acceptors (Lipinski definition) is 3. The Balaban J connectivity index is 2.83. The molecule has 17 heavy (non-hydrogen) atoms. The highest BCUT2D eigenvalue weighted by Gasteiger charge is 2.07. The molecule has 0 saturated carbocycles. The van der Waals surface area contributed by atoms with Gasteiger partial charge in [-0.15, -0.1) is 0 Å². The molecule has 0 aliphatic rings. The number of halogens is 1. The van der Waals surface area contributed by atoms with E-state index in [2.05, 4.69) is 16.0 Å². The van der Waals surface area contributed by atoms with Gasteiger partial charge in [-0.2, -0.15) is 0 Å². The van der Waals surface area contributed by atoms with Crippen LogP contribution in [0.1, 0.15) is 6.92 Å². The lowest BCUT2D eigenvalue weighted by molar-refractivity contribution is -0.115. The molecular formula is C11H14FN3O2. The van der Waals surface area contributed by atoms with Crippen LogP contribution in [0.15, 0.2) is 18.2 Å². The van der Waals surface area contributed by atoms with Crippen molar-refractivity contribution in [3.63, 3.8) is 0 Å². The summed E-state index contributed by atoms with van der Waals surface area (Å²) in [4.78, 5) is 22.1. The Morgan fingerprint density at radius 2 is 2.00 bits per heavy atom. The summed E-state index contributed by atoms with van der Waals surface area (Å²) in [6.07, 6.45) is 0.